The maximum absolute atomic E-state index is 12.6. The standard InChI is InChI=1S/C53H80O4/c1-3-5-7-9-11-13-15-17-19-21-23-25-27-33-43-55-52-37-31-29-35-47(52)39-41-50-45-49(54)46-51(57-50)42-40-48-36-30-32-38-53(48)56-44-34-28-26-24-22-20-18-16-14-12-10-8-6-4-2/h29-32,35-42,45-46H,3-28,33-34,43-44H2,1-2H3/b41-39+,42-40+. The summed E-state index contributed by atoms with van der Waals surface area (Å²) in [6, 6.07) is 19.2. The van der Waals surface area contributed by atoms with E-state index >= 15 is 0 Å². The molecule has 4 heteroatoms. The highest BCUT2D eigenvalue weighted by molar-refractivity contribution is 5.73. The molecular weight excluding hydrogens is 701 g/mol. The molecular formula is C53H80O4. The average Bonchev–Trinajstić information content (AvgIpc) is 3.22. The Morgan fingerprint density at radius 1 is 0.404 bits per heavy atom. The van der Waals surface area contributed by atoms with E-state index in [2.05, 4.69) is 13.8 Å². The van der Waals surface area contributed by atoms with Gasteiger partial charge in [0, 0.05) is 23.3 Å². The van der Waals surface area contributed by atoms with Crippen molar-refractivity contribution in [1.82, 2.24) is 0 Å². The third-order valence-corrected chi connectivity index (χ3v) is 11.0. The van der Waals surface area contributed by atoms with Gasteiger partial charge >= 0.3 is 0 Å². The van der Waals surface area contributed by atoms with E-state index in [0.717, 1.165) is 35.5 Å². The quantitative estimate of drug-likeness (QED) is 0.0552. The van der Waals surface area contributed by atoms with Gasteiger partial charge in [-0.05, 0) is 49.3 Å². The van der Waals surface area contributed by atoms with Crippen LogP contribution in [0, 0.1) is 0 Å². The van der Waals surface area contributed by atoms with Crippen LogP contribution in [0.3, 0.4) is 0 Å². The van der Waals surface area contributed by atoms with Gasteiger partial charge in [0.1, 0.15) is 23.0 Å². The van der Waals surface area contributed by atoms with Crippen LogP contribution in [0.1, 0.15) is 216 Å². The summed E-state index contributed by atoms with van der Waals surface area (Å²) in [5.41, 5.74) is 1.85. The summed E-state index contributed by atoms with van der Waals surface area (Å²) in [4.78, 5) is 12.6. The van der Waals surface area contributed by atoms with Gasteiger partial charge in [0.15, 0.2) is 5.43 Å². The Morgan fingerprint density at radius 2 is 0.702 bits per heavy atom. The molecule has 57 heavy (non-hydrogen) atoms. The van der Waals surface area contributed by atoms with Gasteiger partial charge in [-0.25, -0.2) is 0 Å². The van der Waals surface area contributed by atoms with Crippen LogP contribution in [0.2, 0.25) is 0 Å². The lowest BCUT2D eigenvalue weighted by atomic mass is 10.0. The Hall–Kier alpha value is -3.53. The molecule has 0 amide bonds. The number of benzene rings is 2. The smallest absolute Gasteiger partial charge is 0.186 e. The van der Waals surface area contributed by atoms with Crippen LogP contribution in [-0.4, -0.2) is 13.2 Å². The van der Waals surface area contributed by atoms with Crippen LogP contribution in [0.4, 0.5) is 0 Å². The number of para-hydroxylation sites is 2. The van der Waals surface area contributed by atoms with Gasteiger partial charge in [-0.15, -0.1) is 0 Å². The summed E-state index contributed by atoms with van der Waals surface area (Å²) in [5, 5.41) is 0. The van der Waals surface area contributed by atoms with E-state index in [1.54, 1.807) is 0 Å². The predicted molar refractivity (Wildman–Crippen MR) is 247 cm³/mol. The molecule has 0 N–H and O–H groups in total. The van der Waals surface area contributed by atoms with Crippen LogP contribution < -0.4 is 14.9 Å². The SMILES string of the molecule is CCCCCCCCCCCCCCCCOc1ccccc1/C=C/c1cc(=O)cc(/C=C/c2ccccc2OCCCCCCCCCCCCCCCC)o1. The molecule has 0 aliphatic rings. The summed E-state index contributed by atoms with van der Waals surface area (Å²) >= 11 is 0. The van der Waals surface area contributed by atoms with Crippen molar-refractivity contribution in [2.24, 2.45) is 0 Å². The minimum absolute atomic E-state index is 0.0924. The fraction of sp³-hybridized carbons (Fsp3) is 0.604. The molecule has 0 aliphatic carbocycles. The molecule has 0 bridgehead atoms. The highest BCUT2D eigenvalue weighted by atomic mass is 16.5. The van der Waals surface area contributed by atoms with Gasteiger partial charge in [0.05, 0.1) is 13.2 Å². The molecule has 1 aromatic heterocycles. The van der Waals surface area contributed by atoms with Gasteiger partial charge in [-0.2, -0.15) is 0 Å². The van der Waals surface area contributed by atoms with Crippen LogP contribution in [-0.2, 0) is 0 Å². The fourth-order valence-electron chi connectivity index (χ4n) is 7.48. The Kier molecular flexibility index (Phi) is 28.1. The second-order valence-corrected chi connectivity index (χ2v) is 16.2. The molecule has 1 heterocycles. The lowest BCUT2D eigenvalue weighted by molar-refractivity contribution is 0.303. The second-order valence-electron chi connectivity index (χ2n) is 16.2. The molecule has 0 saturated carbocycles. The first-order valence-electron chi connectivity index (χ1n) is 23.6. The van der Waals surface area contributed by atoms with Crippen LogP contribution in [0.5, 0.6) is 11.5 Å². The first-order valence-corrected chi connectivity index (χ1v) is 23.6. The number of rotatable bonds is 36. The maximum Gasteiger partial charge on any atom is 0.186 e. The van der Waals surface area contributed by atoms with Crippen molar-refractivity contribution in [3.05, 3.63) is 93.5 Å². The maximum atomic E-state index is 12.6. The summed E-state index contributed by atoms with van der Waals surface area (Å²) in [6.07, 6.45) is 45.3. The number of hydrogen-bond acceptors (Lipinski definition) is 4. The molecule has 0 atom stereocenters. The van der Waals surface area contributed by atoms with Crippen molar-refractivity contribution < 1.29 is 13.9 Å². The topological polar surface area (TPSA) is 48.7 Å². The average molecular weight is 781 g/mol. The lowest BCUT2D eigenvalue weighted by Crippen LogP contribution is -1.99. The summed E-state index contributed by atoms with van der Waals surface area (Å²) in [6.45, 7) is 5.99. The van der Waals surface area contributed by atoms with Gasteiger partial charge in [-0.1, -0.05) is 217 Å². The van der Waals surface area contributed by atoms with Crippen molar-refractivity contribution in [3.8, 4) is 11.5 Å². The zero-order valence-electron chi connectivity index (χ0n) is 36.4. The fourth-order valence-corrected chi connectivity index (χ4v) is 7.48. The molecule has 4 nitrogen and oxygen atoms in total. The van der Waals surface area contributed by atoms with E-state index in [4.69, 9.17) is 13.9 Å². The van der Waals surface area contributed by atoms with E-state index < -0.39 is 0 Å². The van der Waals surface area contributed by atoms with E-state index in [1.165, 1.54) is 179 Å². The molecule has 0 fully saturated rings. The first-order chi connectivity index (χ1) is 28.2. The minimum Gasteiger partial charge on any atom is -0.493 e. The highest BCUT2D eigenvalue weighted by Gasteiger charge is 2.05. The van der Waals surface area contributed by atoms with Gasteiger partial charge < -0.3 is 13.9 Å². The Bertz CT molecular complexity index is 1410. The molecule has 0 spiro atoms. The molecule has 0 radical (unpaired) electrons. The molecule has 3 rings (SSSR count). The number of unbranched alkanes of at least 4 members (excludes halogenated alkanes) is 26. The van der Waals surface area contributed by atoms with Crippen LogP contribution in [0.25, 0.3) is 24.3 Å². The summed E-state index contributed by atoms with van der Waals surface area (Å²) in [5.74, 6) is 2.72. The van der Waals surface area contributed by atoms with Crippen molar-refractivity contribution in [2.75, 3.05) is 13.2 Å². The largest absolute Gasteiger partial charge is 0.493 e. The zero-order valence-corrected chi connectivity index (χ0v) is 36.4. The van der Waals surface area contributed by atoms with Crippen molar-refractivity contribution in [2.45, 2.75) is 194 Å². The van der Waals surface area contributed by atoms with E-state index in [0.29, 0.717) is 24.7 Å². The monoisotopic (exact) mass is 781 g/mol. The lowest BCUT2D eigenvalue weighted by Gasteiger charge is -2.09. The Morgan fingerprint density at radius 3 is 1.04 bits per heavy atom. The number of ether oxygens (including phenoxy) is 2. The summed E-state index contributed by atoms with van der Waals surface area (Å²) < 4.78 is 18.5. The first kappa shape index (κ1) is 47.8. The van der Waals surface area contributed by atoms with Gasteiger partial charge in [0.25, 0.3) is 0 Å². The molecule has 0 unspecified atom stereocenters. The Labute approximate surface area is 348 Å². The van der Waals surface area contributed by atoms with E-state index in [9.17, 15) is 4.79 Å². The molecule has 2 aromatic carbocycles. The second kappa shape index (κ2) is 33.4. The third-order valence-electron chi connectivity index (χ3n) is 11.0. The predicted octanol–water partition coefficient (Wildman–Crippen LogP) is 16.7. The summed E-state index contributed by atoms with van der Waals surface area (Å²) in [7, 11) is 0. The van der Waals surface area contributed by atoms with Crippen molar-refractivity contribution in [1.29, 1.82) is 0 Å². The van der Waals surface area contributed by atoms with Crippen molar-refractivity contribution in [3.63, 3.8) is 0 Å². The normalized spacial score (nSPS) is 11.6. The van der Waals surface area contributed by atoms with E-state index in [-0.39, 0.29) is 5.43 Å². The third kappa shape index (κ3) is 24.1. The molecule has 0 aliphatic heterocycles. The van der Waals surface area contributed by atoms with Crippen molar-refractivity contribution >= 4 is 24.3 Å². The van der Waals surface area contributed by atoms with Gasteiger partial charge in [-0.3, -0.25) is 4.79 Å². The number of hydrogen-bond donors (Lipinski definition) is 0. The van der Waals surface area contributed by atoms with Crippen LogP contribution >= 0.6 is 0 Å². The van der Waals surface area contributed by atoms with E-state index in [1.807, 2.05) is 72.8 Å². The molecule has 3 aromatic rings. The molecule has 0 saturated heterocycles. The van der Waals surface area contributed by atoms with Crippen LogP contribution in [0.15, 0.2) is 69.9 Å². The molecule has 316 valence electrons. The minimum atomic E-state index is -0.0924. The zero-order chi connectivity index (χ0) is 40.3. The van der Waals surface area contributed by atoms with Gasteiger partial charge in [0.2, 0.25) is 0 Å². The highest BCUT2D eigenvalue weighted by Crippen LogP contribution is 2.24. The Balaban J connectivity index is 1.33.